The highest BCUT2D eigenvalue weighted by molar-refractivity contribution is 7.89. The number of benzene rings is 1. The summed E-state index contributed by atoms with van der Waals surface area (Å²) in [4.78, 5) is 15.5. The van der Waals surface area contributed by atoms with Crippen molar-refractivity contribution in [3.05, 3.63) is 29.8 Å². The molecule has 6 nitrogen and oxygen atoms in total. The number of sulfonamides is 1. The lowest BCUT2D eigenvalue weighted by Gasteiger charge is -2.33. The van der Waals surface area contributed by atoms with Crippen LogP contribution in [-0.4, -0.2) is 62.3 Å². The van der Waals surface area contributed by atoms with Gasteiger partial charge in [-0.15, -0.1) is 0 Å². The molecule has 2 fully saturated rings. The number of carbonyl (C=O) groups excluding carboxylic acids is 1. The molecule has 0 aromatic heterocycles. The summed E-state index contributed by atoms with van der Waals surface area (Å²) in [5, 5.41) is 3.08. The van der Waals surface area contributed by atoms with Crippen molar-refractivity contribution in [3.63, 3.8) is 0 Å². The Kier molecular flexibility index (Phi) is 9.14. The summed E-state index contributed by atoms with van der Waals surface area (Å²) in [6, 6.07) is 7.88. The molecule has 0 bridgehead atoms. The molecule has 1 aromatic rings. The molecule has 2 saturated heterocycles. The summed E-state index contributed by atoms with van der Waals surface area (Å²) < 4.78 is 27.5. The lowest BCUT2D eigenvalue weighted by Crippen LogP contribution is -2.43. The fourth-order valence-electron chi connectivity index (χ4n) is 4.82. The van der Waals surface area contributed by atoms with E-state index in [1.165, 1.54) is 30.1 Å². The second kappa shape index (κ2) is 11.6. The van der Waals surface area contributed by atoms with Gasteiger partial charge in [0, 0.05) is 31.6 Å². The van der Waals surface area contributed by atoms with E-state index in [0.29, 0.717) is 49.3 Å². The molecule has 1 atom stereocenters. The molecule has 1 unspecified atom stereocenters. The number of piperidine rings is 2. The number of nitrogens with zero attached hydrogens (tertiary/aromatic N) is 2. The summed E-state index contributed by atoms with van der Waals surface area (Å²) in [6.07, 6.45) is 7.22. The van der Waals surface area contributed by atoms with E-state index in [1.54, 1.807) is 12.1 Å². The Bertz CT molecular complexity index is 830. The molecule has 0 radical (unpaired) electrons. The minimum atomic E-state index is -3.50. The average Bonchev–Trinajstić information content (AvgIpc) is 2.80. The SMILES string of the molecule is CC(C)c1ccc(S(=O)(=O)N2CCC(C(=O)NCCCCN3CCCCC3C)CC2)cc1. The molecule has 3 rings (SSSR count). The maximum absolute atomic E-state index is 13.0. The summed E-state index contributed by atoms with van der Waals surface area (Å²) in [7, 11) is -3.50. The van der Waals surface area contributed by atoms with E-state index in [9.17, 15) is 13.2 Å². The van der Waals surface area contributed by atoms with Gasteiger partial charge in [-0.25, -0.2) is 8.42 Å². The van der Waals surface area contributed by atoms with Crippen molar-refractivity contribution in [2.24, 2.45) is 5.92 Å². The summed E-state index contributed by atoms with van der Waals surface area (Å²) in [6.45, 7) is 10.3. The minimum absolute atomic E-state index is 0.0784. The Morgan fingerprint density at radius 2 is 1.72 bits per heavy atom. The van der Waals surface area contributed by atoms with Gasteiger partial charge in [0.1, 0.15) is 0 Å². The Hall–Kier alpha value is -1.44. The molecule has 0 spiro atoms. The quantitative estimate of drug-likeness (QED) is 0.563. The average molecular weight is 464 g/mol. The number of hydrogen-bond donors (Lipinski definition) is 1. The van der Waals surface area contributed by atoms with Crippen molar-refractivity contribution in [3.8, 4) is 0 Å². The van der Waals surface area contributed by atoms with Gasteiger partial charge in [0.2, 0.25) is 15.9 Å². The van der Waals surface area contributed by atoms with Gasteiger partial charge in [-0.2, -0.15) is 4.31 Å². The van der Waals surface area contributed by atoms with Crippen LogP contribution in [0.3, 0.4) is 0 Å². The van der Waals surface area contributed by atoms with E-state index in [4.69, 9.17) is 0 Å². The second-order valence-electron chi connectivity index (χ2n) is 9.78. The highest BCUT2D eigenvalue weighted by Crippen LogP contribution is 2.25. The summed E-state index contributed by atoms with van der Waals surface area (Å²) >= 11 is 0. The zero-order valence-corrected chi connectivity index (χ0v) is 20.9. The minimum Gasteiger partial charge on any atom is -0.356 e. The van der Waals surface area contributed by atoms with Crippen molar-refractivity contribution >= 4 is 15.9 Å². The molecular formula is C25H41N3O3S. The number of likely N-dealkylation sites (tertiary alicyclic amines) is 1. The number of rotatable bonds is 9. The van der Waals surface area contributed by atoms with E-state index in [2.05, 4.69) is 31.0 Å². The van der Waals surface area contributed by atoms with Crippen molar-refractivity contribution in [1.82, 2.24) is 14.5 Å². The molecule has 7 heteroatoms. The molecule has 0 saturated carbocycles. The van der Waals surface area contributed by atoms with E-state index in [0.717, 1.165) is 24.9 Å². The van der Waals surface area contributed by atoms with Crippen LogP contribution in [0, 0.1) is 5.92 Å². The van der Waals surface area contributed by atoms with Crippen LogP contribution in [0.15, 0.2) is 29.2 Å². The van der Waals surface area contributed by atoms with Crippen LogP contribution in [0.25, 0.3) is 0 Å². The molecule has 32 heavy (non-hydrogen) atoms. The first-order valence-electron chi connectivity index (χ1n) is 12.4. The molecule has 2 aliphatic heterocycles. The first-order chi connectivity index (χ1) is 15.3. The van der Waals surface area contributed by atoms with Gasteiger partial charge in [0.05, 0.1) is 4.90 Å². The summed E-state index contributed by atoms with van der Waals surface area (Å²) in [5.74, 6) is 0.357. The fraction of sp³-hybridized carbons (Fsp3) is 0.720. The topological polar surface area (TPSA) is 69.7 Å². The highest BCUT2D eigenvalue weighted by Gasteiger charge is 2.32. The van der Waals surface area contributed by atoms with Crippen LogP contribution in [-0.2, 0) is 14.8 Å². The molecule has 2 heterocycles. The third-order valence-corrected chi connectivity index (χ3v) is 9.03. The number of amides is 1. The molecular weight excluding hydrogens is 422 g/mol. The third-order valence-electron chi connectivity index (χ3n) is 7.12. The Morgan fingerprint density at radius 1 is 1.03 bits per heavy atom. The van der Waals surface area contributed by atoms with Crippen LogP contribution in [0.1, 0.15) is 77.2 Å². The largest absolute Gasteiger partial charge is 0.356 e. The second-order valence-corrected chi connectivity index (χ2v) is 11.7. The number of nitrogens with one attached hydrogen (secondary N) is 1. The van der Waals surface area contributed by atoms with Crippen LogP contribution in [0.5, 0.6) is 0 Å². The van der Waals surface area contributed by atoms with Gasteiger partial charge in [0.25, 0.3) is 0 Å². The van der Waals surface area contributed by atoms with Gasteiger partial charge in [-0.05, 0) is 82.2 Å². The normalized spacial score (nSPS) is 21.7. The Balaban J connectivity index is 1.38. The Morgan fingerprint density at radius 3 is 2.34 bits per heavy atom. The van der Waals surface area contributed by atoms with E-state index in [-0.39, 0.29) is 11.8 Å². The predicted molar refractivity (Wildman–Crippen MR) is 129 cm³/mol. The van der Waals surface area contributed by atoms with Crippen LogP contribution >= 0.6 is 0 Å². The molecule has 1 aromatic carbocycles. The van der Waals surface area contributed by atoms with Gasteiger partial charge in [0.15, 0.2) is 0 Å². The molecule has 1 N–H and O–H groups in total. The summed E-state index contributed by atoms with van der Waals surface area (Å²) in [5.41, 5.74) is 1.13. The lowest BCUT2D eigenvalue weighted by molar-refractivity contribution is -0.126. The third kappa shape index (κ3) is 6.55. The monoisotopic (exact) mass is 463 g/mol. The van der Waals surface area contributed by atoms with Crippen molar-refractivity contribution in [1.29, 1.82) is 0 Å². The number of unbranched alkanes of at least 4 members (excludes halogenated alkanes) is 1. The van der Waals surface area contributed by atoms with Gasteiger partial charge in [-0.3, -0.25) is 4.79 Å². The number of carbonyl (C=O) groups is 1. The molecule has 0 aliphatic carbocycles. The molecule has 2 aliphatic rings. The van der Waals surface area contributed by atoms with Crippen LogP contribution < -0.4 is 5.32 Å². The lowest BCUT2D eigenvalue weighted by atomic mass is 9.97. The van der Waals surface area contributed by atoms with Crippen LogP contribution in [0.4, 0.5) is 0 Å². The van der Waals surface area contributed by atoms with E-state index < -0.39 is 10.0 Å². The van der Waals surface area contributed by atoms with Gasteiger partial charge < -0.3 is 10.2 Å². The highest BCUT2D eigenvalue weighted by atomic mass is 32.2. The predicted octanol–water partition coefficient (Wildman–Crippen LogP) is 3.98. The molecule has 1 amide bonds. The molecule has 180 valence electrons. The van der Waals surface area contributed by atoms with E-state index >= 15 is 0 Å². The van der Waals surface area contributed by atoms with E-state index in [1.807, 2.05) is 12.1 Å². The standard InChI is InChI=1S/C25H41N3O3S/c1-20(2)22-9-11-24(12-10-22)32(30,31)28-18-13-23(14-19-28)25(29)26-15-5-7-17-27-16-6-4-8-21(27)3/h9-12,20-21,23H,4-8,13-19H2,1-3H3,(H,26,29). The number of hydrogen-bond acceptors (Lipinski definition) is 4. The fourth-order valence-corrected chi connectivity index (χ4v) is 6.29. The van der Waals surface area contributed by atoms with Crippen molar-refractivity contribution in [2.75, 3.05) is 32.7 Å². The van der Waals surface area contributed by atoms with Crippen LogP contribution in [0.2, 0.25) is 0 Å². The van der Waals surface area contributed by atoms with Crippen molar-refractivity contribution in [2.45, 2.75) is 82.6 Å². The van der Waals surface area contributed by atoms with Crippen molar-refractivity contribution < 1.29 is 13.2 Å². The van der Waals surface area contributed by atoms with Gasteiger partial charge in [-0.1, -0.05) is 32.4 Å². The first kappa shape index (κ1) is 25.2. The zero-order chi connectivity index (χ0) is 23.1. The zero-order valence-electron chi connectivity index (χ0n) is 20.1. The first-order valence-corrected chi connectivity index (χ1v) is 13.8. The maximum atomic E-state index is 13.0. The maximum Gasteiger partial charge on any atom is 0.243 e. The van der Waals surface area contributed by atoms with Gasteiger partial charge >= 0.3 is 0 Å². The smallest absolute Gasteiger partial charge is 0.243 e. The Labute approximate surface area is 194 Å².